The highest BCUT2D eigenvalue weighted by Crippen LogP contribution is 2.27. The molecule has 12 nitrogen and oxygen atoms in total. The number of urea groups is 1. The van der Waals surface area contributed by atoms with E-state index in [2.05, 4.69) is 41.3 Å². The molecule has 1 saturated carbocycles. The largest absolute Gasteiger partial charge is 0.366 e. The van der Waals surface area contributed by atoms with Gasteiger partial charge in [0.15, 0.2) is 17.2 Å². The summed E-state index contributed by atoms with van der Waals surface area (Å²) >= 11 is 0. The Morgan fingerprint density at radius 3 is 2.49 bits per heavy atom. The first-order valence-electron chi connectivity index (χ1n) is 12.6. The van der Waals surface area contributed by atoms with E-state index in [0.717, 1.165) is 31.9 Å². The minimum atomic E-state index is -0.648. The molecule has 0 unspecified atom stereocenters. The van der Waals surface area contributed by atoms with Crippen molar-refractivity contribution in [3.05, 3.63) is 66.6 Å². The SMILES string of the molecule is CN(C)C(=O)N[C@H]1CC[C@H](Nc2cc(Nc3ccccn3)c3ncc(C(=O)Nc4ccncc4F)n3n2)CC1. The molecule has 1 fully saturated rings. The van der Waals surface area contributed by atoms with Crippen LogP contribution in [-0.2, 0) is 0 Å². The van der Waals surface area contributed by atoms with E-state index in [9.17, 15) is 14.0 Å². The molecule has 0 spiro atoms. The van der Waals surface area contributed by atoms with Crippen molar-refractivity contribution in [3.8, 4) is 0 Å². The second kappa shape index (κ2) is 11.3. The van der Waals surface area contributed by atoms with E-state index in [4.69, 9.17) is 0 Å². The lowest BCUT2D eigenvalue weighted by Gasteiger charge is -2.30. The molecule has 4 aromatic heterocycles. The van der Waals surface area contributed by atoms with E-state index in [0.29, 0.717) is 23.0 Å². The number of aromatic nitrogens is 5. The van der Waals surface area contributed by atoms with Gasteiger partial charge in [-0.25, -0.2) is 23.7 Å². The van der Waals surface area contributed by atoms with Crippen molar-refractivity contribution in [3.63, 3.8) is 0 Å². The van der Waals surface area contributed by atoms with Gasteiger partial charge in [0.1, 0.15) is 11.6 Å². The second-order valence-electron chi connectivity index (χ2n) is 9.51. The Balaban J connectivity index is 1.40. The van der Waals surface area contributed by atoms with Gasteiger partial charge >= 0.3 is 6.03 Å². The van der Waals surface area contributed by atoms with Gasteiger partial charge in [-0.05, 0) is 43.9 Å². The van der Waals surface area contributed by atoms with Crippen LogP contribution < -0.4 is 21.3 Å². The van der Waals surface area contributed by atoms with Gasteiger partial charge < -0.3 is 26.2 Å². The average molecular weight is 533 g/mol. The zero-order chi connectivity index (χ0) is 27.4. The highest BCUT2D eigenvalue weighted by Gasteiger charge is 2.24. The van der Waals surface area contributed by atoms with Gasteiger partial charge in [0, 0.05) is 44.6 Å². The maximum Gasteiger partial charge on any atom is 0.317 e. The molecule has 1 aliphatic rings. The molecule has 4 heterocycles. The molecule has 3 amide bonds. The Morgan fingerprint density at radius 2 is 1.77 bits per heavy atom. The lowest BCUT2D eigenvalue weighted by Crippen LogP contribution is -2.44. The first kappa shape index (κ1) is 25.8. The van der Waals surface area contributed by atoms with Crippen molar-refractivity contribution in [1.82, 2.24) is 34.8 Å². The van der Waals surface area contributed by atoms with Crippen LogP contribution in [0.2, 0.25) is 0 Å². The molecule has 1 aliphatic carbocycles. The monoisotopic (exact) mass is 532 g/mol. The summed E-state index contributed by atoms with van der Waals surface area (Å²) in [5.41, 5.74) is 1.13. The number of hydrogen-bond acceptors (Lipinski definition) is 8. The van der Waals surface area contributed by atoms with E-state index in [1.54, 1.807) is 20.3 Å². The number of anilines is 4. The van der Waals surface area contributed by atoms with Gasteiger partial charge in [0.2, 0.25) is 0 Å². The normalized spacial score (nSPS) is 16.9. The maximum absolute atomic E-state index is 14.1. The third-order valence-electron chi connectivity index (χ3n) is 6.46. The number of carbonyl (C=O) groups is 2. The summed E-state index contributed by atoms with van der Waals surface area (Å²) in [5.74, 6) is -0.0894. The predicted molar refractivity (Wildman–Crippen MR) is 145 cm³/mol. The Bertz CT molecular complexity index is 1470. The first-order valence-corrected chi connectivity index (χ1v) is 12.6. The third-order valence-corrected chi connectivity index (χ3v) is 6.46. The summed E-state index contributed by atoms with van der Waals surface area (Å²) < 4.78 is 15.5. The van der Waals surface area contributed by atoms with Crippen molar-refractivity contribution < 1.29 is 14.0 Å². The minimum absolute atomic E-state index is 0.00387. The molecule has 5 rings (SSSR count). The minimum Gasteiger partial charge on any atom is -0.366 e. The summed E-state index contributed by atoms with van der Waals surface area (Å²) in [6, 6.07) is 8.83. The molecule has 0 aromatic carbocycles. The number of rotatable bonds is 7. The van der Waals surface area contributed by atoms with Crippen molar-refractivity contribution in [2.75, 3.05) is 30.0 Å². The number of carbonyl (C=O) groups excluding carboxylic acids is 2. The van der Waals surface area contributed by atoms with Crippen LogP contribution in [0.4, 0.5) is 32.2 Å². The van der Waals surface area contributed by atoms with Crippen LogP contribution in [-0.4, -0.2) is 67.6 Å². The van der Waals surface area contributed by atoms with Crippen LogP contribution >= 0.6 is 0 Å². The second-order valence-corrected chi connectivity index (χ2v) is 9.51. The van der Waals surface area contributed by atoms with E-state index in [1.807, 2.05) is 24.3 Å². The number of amides is 3. The van der Waals surface area contributed by atoms with Gasteiger partial charge in [0.05, 0.1) is 23.8 Å². The van der Waals surface area contributed by atoms with Crippen molar-refractivity contribution in [2.24, 2.45) is 0 Å². The number of fused-ring (bicyclic) bond motifs is 1. The summed E-state index contributed by atoms with van der Waals surface area (Å²) in [7, 11) is 3.44. The molecule has 4 aromatic rings. The summed E-state index contributed by atoms with van der Waals surface area (Å²) in [6.45, 7) is 0. The van der Waals surface area contributed by atoms with Gasteiger partial charge in [-0.2, -0.15) is 0 Å². The van der Waals surface area contributed by atoms with E-state index >= 15 is 0 Å². The van der Waals surface area contributed by atoms with E-state index < -0.39 is 11.7 Å². The fourth-order valence-electron chi connectivity index (χ4n) is 4.42. The Hall–Kier alpha value is -4.81. The molecule has 13 heteroatoms. The van der Waals surface area contributed by atoms with Gasteiger partial charge in [-0.15, -0.1) is 5.10 Å². The topological polar surface area (TPSA) is 141 Å². The molecule has 4 N–H and O–H groups in total. The Labute approximate surface area is 224 Å². The molecule has 202 valence electrons. The van der Waals surface area contributed by atoms with Crippen LogP contribution in [0.5, 0.6) is 0 Å². The summed E-state index contributed by atoms with van der Waals surface area (Å²) in [5, 5.41) is 17.0. The number of nitrogens with one attached hydrogen (secondary N) is 4. The fourth-order valence-corrected chi connectivity index (χ4v) is 4.42. The molecule has 0 bridgehead atoms. The smallest absolute Gasteiger partial charge is 0.317 e. The average Bonchev–Trinajstić information content (AvgIpc) is 3.36. The number of nitrogens with zero attached hydrogens (tertiary/aromatic N) is 6. The van der Waals surface area contributed by atoms with Crippen LogP contribution in [0, 0.1) is 5.82 Å². The highest BCUT2D eigenvalue weighted by atomic mass is 19.1. The Morgan fingerprint density at radius 1 is 0.974 bits per heavy atom. The van der Waals surface area contributed by atoms with E-state index in [-0.39, 0.29) is 29.5 Å². The van der Waals surface area contributed by atoms with Crippen LogP contribution in [0.1, 0.15) is 36.2 Å². The Kier molecular flexibility index (Phi) is 7.48. The fraction of sp³-hybridized carbons (Fsp3) is 0.308. The molecule has 0 atom stereocenters. The zero-order valence-electron chi connectivity index (χ0n) is 21.6. The first-order chi connectivity index (χ1) is 18.9. The van der Waals surface area contributed by atoms with Crippen LogP contribution in [0.25, 0.3) is 5.65 Å². The molecule has 0 saturated heterocycles. The molecule has 0 aliphatic heterocycles. The highest BCUT2D eigenvalue weighted by molar-refractivity contribution is 6.03. The number of imidazole rings is 1. The summed E-state index contributed by atoms with van der Waals surface area (Å²) in [6.07, 6.45) is 8.80. The van der Waals surface area contributed by atoms with Gasteiger partial charge in [-0.3, -0.25) is 9.78 Å². The third kappa shape index (κ3) is 6.03. The van der Waals surface area contributed by atoms with Crippen molar-refractivity contribution in [1.29, 1.82) is 0 Å². The van der Waals surface area contributed by atoms with Crippen molar-refractivity contribution >= 4 is 40.6 Å². The number of hydrogen-bond donors (Lipinski definition) is 4. The standard InChI is InChI=1S/C26H29FN10O2/c1-36(2)26(39)32-17-8-6-16(7-9-17)31-23-13-20(33-22-5-3-4-11-29-22)24-30-15-21(37(24)35-23)25(38)34-19-10-12-28-14-18(19)27/h3-5,10-17H,6-9H2,1-2H3,(H,29,33)(H,31,35)(H,32,39)(H,28,34,38)/t16-,17-. The van der Waals surface area contributed by atoms with E-state index in [1.165, 1.54) is 27.9 Å². The molecule has 0 radical (unpaired) electrons. The molecular formula is C26H29FN10O2. The van der Waals surface area contributed by atoms with Crippen molar-refractivity contribution in [2.45, 2.75) is 37.8 Å². The lowest BCUT2D eigenvalue weighted by molar-refractivity contribution is 0.102. The number of halogens is 1. The number of pyridine rings is 2. The molecular weight excluding hydrogens is 503 g/mol. The molecule has 39 heavy (non-hydrogen) atoms. The predicted octanol–water partition coefficient (Wildman–Crippen LogP) is 3.65. The zero-order valence-corrected chi connectivity index (χ0v) is 21.6. The maximum atomic E-state index is 14.1. The van der Waals surface area contributed by atoms with Crippen LogP contribution in [0.15, 0.2) is 55.1 Å². The quantitative estimate of drug-likeness (QED) is 0.283. The van der Waals surface area contributed by atoms with Gasteiger partial charge in [0.25, 0.3) is 5.91 Å². The lowest BCUT2D eigenvalue weighted by atomic mass is 9.91. The van der Waals surface area contributed by atoms with Crippen LogP contribution in [0.3, 0.4) is 0 Å². The van der Waals surface area contributed by atoms with Gasteiger partial charge in [-0.1, -0.05) is 6.07 Å². The summed E-state index contributed by atoms with van der Waals surface area (Å²) in [4.78, 5) is 39.1.